The minimum atomic E-state index is 1.13. The average Bonchev–Trinajstić information content (AvgIpc) is 1.98. The lowest BCUT2D eigenvalue weighted by Crippen LogP contribution is -1.76. The Morgan fingerprint density at radius 2 is 2.10 bits per heavy atom. The number of unbranched alkanes of at least 4 members (excludes halogenated alkanes) is 1. The quantitative estimate of drug-likeness (QED) is 0.508. The van der Waals surface area contributed by atoms with E-state index in [-0.39, 0.29) is 0 Å². The van der Waals surface area contributed by atoms with E-state index >= 15 is 0 Å². The lowest BCUT2D eigenvalue weighted by atomic mass is 10.1. The van der Waals surface area contributed by atoms with Crippen LogP contribution in [0.1, 0.15) is 26.2 Å². The molecule has 0 aliphatic rings. The molecule has 0 aliphatic carbocycles. The fraction of sp³-hybridized carbons (Fsp3) is 0.400. The van der Waals surface area contributed by atoms with Gasteiger partial charge in [-0.2, -0.15) is 0 Å². The van der Waals surface area contributed by atoms with Gasteiger partial charge in [0.1, 0.15) is 0 Å². The third-order valence-electron chi connectivity index (χ3n) is 1.41. The standard InChI is InChI=1S/C10H16/c1-4-7-9-10(6-3)8-5-2/h5-6,8H,2-4,7,9H2,1H3. The molecular formula is C10H16. The van der Waals surface area contributed by atoms with Crippen molar-refractivity contribution in [3.63, 3.8) is 0 Å². The van der Waals surface area contributed by atoms with E-state index in [0.717, 1.165) is 6.42 Å². The van der Waals surface area contributed by atoms with Gasteiger partial charge in [0.15, 0.2) is 0 Å². The van der Waals surface area contributed by atoms with Gasteiger partial charge in [-0.1, -0.05) is 44.7 Å². The van der Waals surface area contributed by atoms with E-state index in [9.17, 15) is 0 Å². The minimum absolute atomic E-state index is 1.13. The maximum atomic E-state index is 3.72. The summed E-state index contributed by atoms with van der Waals surface area (Å²) in [5, 5.41) is 0. The number of rotatable bonds is 5. The molecule has 0 amide bonds. The van der Waals surface area contributed by atoms with E-state index in [4.69, 9.17) is 0 Å². The molecule has 0 spiro atoms. The second-order valence-corrected chi connectivity index (χ2v) is 2.28. The number of hydrogen-bond donors (Lipinski definition) is 0. The molecule has 0 aliphatic heterocycles. The predicted octanol–water partition coefficient (Wildman–Crippen LogP) is 3.48. The van der Waals surface area contributed by atoms with Crippen LogP contribution in [0.4, 0.5) is 0 Å². The molecule has 56 valence electrons. The average molecular weight is 136 g/mol. The SMILES string of the molecule is C=CC=C(C=C)CCCC. The van der Waals surface area contributed by atoms with Crippen LogP contribution in [0.25, 0.3) is 0 Å². The van der Waals surface area contributed by atoms with E-state index in [2.05, 4.69) is 20.1 Å². The Balaban J connectivity index is 3.70. The zero-order valence-corrected chi connectivity index (χ0v) is 6.77. The fourth-order valence-electron chi connectivity index (χ4n) is 0.786. The minimum Gasteiger partial charge on any atom is -0.0991 e. The Hall–Kier alpha value is -0.780. The first-order valence-corrected chi connectivity index (χ1v) is 3.79. The Morgan fingerprint density at radius 3 is 2.50 bits per heavy atom. The van der Waals surface area contributed by atoms with Crippen molar-refractivity contribution >= 4 is 0 Å². The molecule has 10 heavy (non-hydrogen) atoms. The summed E-state index contributed by atoms with van der Waals surface area (Å²) in [4.78, 5) is 0. The summed E-state index contributed by atoms with van der Waals surface area (Å²) in [5.41, 5.74) is 1.29. The topological polar surface area (TPSA) is 0 Å². The van der Waals surface area contributed by atoms with Gasteiger partial charge in [0.2, 0.25) is 0 Å². The molecule has 0 heterocycles. The Morgan fingerprint density at radius 1 is 1.40 bits per heavy atom. The van der Waals surface area contributed by atoms with Gasteiger partial charge in [-0.25, -0.2) is 0 Å². The molecule has 0 unspecified atom stereocenters. The monoisotopic (exact) mass is 136 g/mol. The zero-order chi connectivity index (χ0) is 7.82. The Bertz CT molecular complexity index is 129. The molecule has 0 aromatic heterocycles. The van der Waals surface area contributed by atoms with Gasteiger partial charge in [-0.05, 0) is 18.4 Å². The van der Waals surface area contributed by atoms with Crippen molar-refractivity contribution < 1.29 is 0 Å². The van der Waals surface area contributed by atoms with Gasteiger partial charge in [0.05, 0.1) is 0 Å². The van der Waals surface area contributed by atoms with Crippen molar-refractivity contribution in [2.24, 2.45) is 0 Å². The highest BCUT2D eigenvalue weighted by Gasteiger charge is 1.87. The molecule has 0 aromatic rings. The van der Waals surface area contributed by atoms with E-state index in [1.165, 1.54) is 18.4 Å². The molecule has 0 N–H and O–H groups in total. The van der Waals surface area contributed by atoms with Crippen LogP contribution >= 0.6 is 0 Å². The van der Waals surface area contributed by atoms with E-state index in [0.29, 0.717) is 0 Å². The summed E-state index contributed by atoms with van der Waals surface area (Å²) < 4.78 is 0. The first-order chi connectivity index (χ1) is 4.85. The molecule has 0 saturated carbocycles. The second-order valence-electron chi connectivity index (χ2n) is 2.28. The molecule has 0 fully saturated rings. The van der Waals surface area contributed by atoms with Gasteiger partial charge in [0.25, 0.3) is 0 Å². The lowest BCUT2D eigenvalue weighted by Gasteiger charge is -1.96. The van der Waals surface area contributed by atoms with Crippen molar-refractivity contribution in [1.82, 2.24) is 0 Å². The van der Waals surface area contributed by atoms with Crippen LogP contribution in [0.3, 0.4) is 0 Å². The lowest BCUT2D eigenvalue weighted by molar-refractivity contribution is 0.798. The molecule has 0 heteroatoms. The zero-order valence-electron chi connectivity index (χ0n) is 6.77. The maximum Gasteiger partial charge on any atom is -0.0279 e. The van der Waals surface area contributed by atoms with Gasteiger partial charge in [0, 0.05) is 0 Å². The molecular weight excluding hydrogens is 120 g/mol. The normalized spacial score (nSPS) is 11.1. The smallest absolute Gasteiger partial charge is 0.0279 e. The molecule has 0 aromatic carbocycles. The van der Waals surface area contributed by atoms with Gasteiger partial charge in [-0.3, -0.25) is 0 Å². The molecule has 0 nitrogen and oxygen atoms in total. The van der Waals surface area contributed by atoms with Crippen LogP contribution < -0.4 is 0 Å². The summed E-state index contributed by atoms with van der Waals surface area (Å²) in [6, 6.07) is 0. The van der Waals surface area contributed by atoms with E-state index in [1.807, 2.05) is 18.2 Å². The summed E-state index contributed by atoms with van der Waals surface area (Å²) >= 11 is 0. The molecule has 0 atom stereocenters. The number of hydrogen-bond acceptors (Lipinski definition) is 0. The summed E-state index contributed by atoms with van der Waals surface area (Å²) in [5.74, 6) is 0. The predicted molar refractivity (Wildman–Crippen MR) is 48.0 cm³/mol. The molecule has 0 radical (unpaired) electrons. The van der Waals surface area contributed by atoms with E-state index < -0.39 is 0 Å². The molecule has 0 bridgehead atoms. The summed E-state index contributed by atoms with van der Waals surface area (Å²) in [6.45, 7) is 9.54. The number of allylic oxidation sites excluding steroid dienone is 4. The highest BCUT2D eigenvalue weighted by atomic mass is 13.9. The first kappa shape index (κ1) is 9.22. The third kappa shape index (κ3) is 4.13. The van der Waals surface area contributed by atoms with Crippen LogP contribution in [-0.2, 0) is 0 Å². The van der Waals surface area contributed by atoms with Crippen molar-refractivity contribution in [3.05, 3.63) is 37.0 Å². The molecule has 0 rings (SSSR count). The van der Waals surface area contributed by atoms with Crippen LogP contribution in [0.2, 0.25) is 0 Å². The van der Waals surface area contributed by atoms with Crippen molar-refractivity contribution in [2.45, 2.75) is 26.2 Å². The summed E-state index contributed by atoms with van der Waals surface area (Å²) in [7, 11) is 0. The van der Waals surface area contributed by atoms with Crippen LogP contribution in [0.15, 0.2) is 37.0 Å². The van der Waals surface area contributed by atoms with Crippen LogP contribution in [0.5, 0.6) is 0 Å². The second kappa shape index (κ2) is 6.34. The van der Waals surface area contributed by atoms with Gasteiger partial charge >= 0.3 is 0 Å². The fourth-order valence-corrected chi connectivity index (χ4v) is 0.786. The highest BCUT2D eigenvalue weighted by Crippen LogP contribution is 2.07. The third-order valence-corrected chi connectivity index (χ3v) is 1.41. The maximum absolute atomic E-state index is 3.72. The van der Waals surface area contributed by atoms with Crippen molar-refractivity contribution in [3.8, 4) is 0 Å². The largest absolute Gasteiger partial charge is 0.0991 e. The van der Waals surface area contributed by atoms with E-state index in [1.54, 1.807) is 0 Å². The van der Waals surface area contributed by atoms with Crippen molar-refractivity contribution in [1.29, 1.82) is 0 Å². The van der Waals surface area contributed by atoms with Crippen molar-refractivity contribution in [2.75, 3.05) is 0 Å². The highest BCUT2D eigenvalue weighted by molar-refractivity contribution is 5.20. The van der Waals surface area contributed by atoms with Gasteiger partial charge in [-0.15, -0.1) is 0 Å². The Labute approximate surface area is 64.0 Å². The molecule has 0 saturated heterocycles. The van der Waals surface area contributed by atoms with Gasteiger partial charge < -0.3 is 0 Å². The van der Waals surface area contributed by atoms with Crippen LogP contribution in [0, 0.1) is 0 Å². The van der Waals surface area contributed by atoms with Crippen LogP contribution in [-0.4, -0.2) is 0 Å². The first-order valence-electron chi connectivity index (χ1n) is 3.79. The Kier molecular flexibility index (Phi) is 5.85. The summed E-state index contributed by atoms with van der Waals surface area (Å²) in [6.07, 6.45) is 9.34.